The molecule has 0 atom stereocenters. The van der Waals surface area contributed by atoms with Gasteiger partial charge in [0.25, 0.3) is 0 Å². The molecule has 6 nitrogen and oxygen atoms in total. The molecule has 0 unspecified atom stereocenters. The minimum absolute atomic E-state index is 0.0807. The summed E-state index contributed by atoms with van der Waals surface area (Å²) >= 11 is 0. The Morgan fingerprint density at radius 3 is 2.75 bits per heavy atom. The number of carbonyl (C=O) groups is 1. The first kappa shape index (κ1) is 15.3. The summed E-state index contributed by atoms with van der Waals surface area (Å²) < 4.78 is 1.64. The SMILES string of the molecule is O=C(Cn1ncc(=O)c2ccccc21)N1CCC2(CCNC2)CC1. The van der Waals surface area contributed by atoms with Crippen LogP contribution in [0.25, 0.3) is 10.9 Å². The monoisotopic (exact) mass is 326 g/mol. The first-order valence-corrected chi connectivity index (χ1v) is 8.60. The largest absolute Gasteiger partial charge is 0.341 e. The fraction of sp³-hybridized carbons (Fsp3) is 0.500. The molecule has 0 radical (unpaired) electrons. The molecule has 2 aliphatic heterocycles. The number of hydrogen-bond acceptors (Lipinski definition) is 4. The van der Waals surface area contributed by atoms with Crippen molar-refractivity contribution in [3.8, 4) is 0 Å². The van der Waals surface area contributed by atoms with E-state index in [0.717, 1.165) is 39.0 Å². The van der Waals surface area contributed by atoms with Gasteiger partial charge in [0, 0.05) is 25.0 Å². The highest BCUT2D eigenvalue weighted by Crippen LogP contribution is 2.36. The van der Waals surface area contributed by atoms with E-state index >= 15 is 0 Å². The maximum absolute atomic E-state index is 12.7. The molecular formula is C18H22N4O2. The first-order valence-electron chi connectivity index (χ1n) is 8.60. The van der Waals surface area contributed by atoms with E-state index in [0.29, 0.717) is 16.3 Å². The molecule has 0 bridgehead atoms. The zero-order valence-corrected chi connectivity index (χ0v) is 13.7. The Hall–Kier alpha value is -2.21. The predicted octanol–water partition coefficient (Wildman–Crippen LogP) is 0.999. The molecule has 2 saturated heterocycles. The number of aromatic nitrogens is 2. The lowest BCUT2D eigenvalue weighted by atomic mass is 9.78. The minimum atomic E-state index is -0.108. The Balaban J connectivity index is 1.49. The molecule has 0 aliphatic carbocycles. The zero-order chi connectivity index (χ0) is 16.6. The molecule has 1 aromatic heterocycles. The van der Waals surface area contributed by atoms with E-state index in [2.05, 4.69) is 10.4 Å². The quantitative estimate of drug-likeness (QED) is 0.894. The van der Waals surface area contributed by atoms with Gasteiger partial charge >= 0.3 is 0 Å². The van der Waals surface area contributed by atoms with E-state index in [1.807, 2.05) is 23.1 Å². The molecule has 4 rings (SSSR count). The maximum Gasteiger partial charge on any atom is 0.244 e. The summed E-state index contributed by atoms with van der Waals surface area (Å²) in [6.07, 6.45) is 4.67. The number of para-hydroxylation sites is 1. The number of fused-ring (bicyclic) bond motifs is 1. The van der Waals surface area contributed by atoms with Crippen molar-refractivity contribution in [3.05, 3.63) is 40.7 Å². The van der Waals surface area contributed by atoms with Crippen LogP contribution in [0.5, 0.6) is 0 Å². The van der Waals surface area contributed by atoms with E-state index in [1.165, 1.54) is 12.6 Å². The van der Waals surface area contributed by atoms with Crippen LogP contribution < -0.4 is 10.7 Å². The molecule has 1 N–H and O–H groups in total. The molecule has 2 aromatic rings. The van der Waals surface area contributed by atoms with Crippen LogP contribution in [0.3, 0.4) is 0 Å². The number of likely N-dealkylation sites (tertiary alicyclic amines) is 1. The van der Waals surface area contributed by atoms with Crippen molar-refractivity contribution in [3.63, 3.8) is 0 Å². The Labute approximate surface area is 140 Å². The Bertz CT molecular complexity index is 813. The highest BCUT2D eigenvalue weighted by molar-refractivity contribution is 5.81. The van der Waals surface area contributed by atoms with Gasteiger partial charge in [0.15, 0.2) is 0 Å². The van der Waals surface area contributed by atoms with E-state index in [9.17, 15) is 9.59 Å². The molecule has 24 heavy (non-hydrogen) atoms. The summed E-state index contributed by atoms with van der Waals surface area (Å²) in [5.74, 6) is 0.0807. The first-order chi connectivity index (χ1) is 11.7. The van der Waals surface area contributed by atoms with Crippen LogP contribution in [0.4, 0.5) is 0 Å². The predicted molar refractivity (Wildman–Crippen MR) is 91.7 cm³/mol. The summed E-state index contributed by atoms with van der Waals surface area (Å²) in [6.45, 7) is 4.01. The Morgan fingerprint density at radius 2 is 2.00 bits per heavy atom. The summed E-state index contributed by atoms with van der Waals surface area (Å²) in [5.41, 5.74) is 1.01. The Kier molecular flexibility index (Phi) is 3.84. The van der Waals surface area contributed by atoms with Gasteiger partial charge < -0.3 is 10.2 Å². The van der Waals surface area contributed by atoms with Crippen LogP contribution in [-0.4, -0.2) is 46.8 Å². The second kappa shape index (κ2) is 6.02. The van der Waals surface area contributed by atoms with Crippen LogP contribution in [-0.2, 0) is 11.3 Å². The van der Waals surface area contributed by atoms with Crippen molar-refractivity contribution in [1.29, 1.82) is 0 Å². The Morgan fingerprint density at radius 1 is 1.21 bits per heavy atom. The van der Waals surface area contributed by atoms with Gasteiger partial charge in [0.2, 0.25) is 11.3 Å². The standard InChI is InChI=1S/C18H22N4O2/c23-16-11-20-22(15-4-2-1-3-14(15)16)12-17(24)21-9-6-18(7-10-21)5-8-19-13-18/h1-4,11,19H,5-10,12-13H2. The lowest BCUT2D eigenvalue weighted by molar-refractivity contribution is -0.134. The highest BCUT2D eigenvalue weighted by Gasteiger charge is 2.38. The number of nitrogens with one attached hydrogen (secondary N) is 1. The van der Waals surface area contributed by atoms with Crippen LogP contribution in [0.1, 0.15) is 19.3 Å². The lowest BCUT2D eigenvalue weighted by Gasteiger charge is -2.39. The number of piperidine rings is 1. The third-order valence-electron chi connectivity index (χ3n) is 5.56. The molecule has 6 heteroatoms. The minimum Gasteiger partial charge on any atom is -0.341 e. The van der Waals surface area contributed by atoms with Crippen molar-refractivity contribution in [2.75, 3.05) is 26.2 Å². The molecular weight excluding hydrogens is 304 g/mol. The van der Waals surface area contributed by atoms with Gasteiger partial charge in [-0.15, -0.1) is 0 Å². The summed E-state index contributed by atoms with van der Waals surface area (Å²) in [7, 11) is 0. The molecule has 2 aliphatic rings. The molecule has 126 valence electrons. The molecule has 2 fully saturated rings. The van der Waals surface area contributed by atoms with Crippen molar-refractivity contribution in [2.45, 2.75) is 25.8 Å². The molecule has 1 amide bonds. The third kappa shape index (κ3) is 2.71. The van der Waals surface area contributed by atoms with Crippen LogP contribution in [0, 0.1) is 5.41 Å². The van der Waals surface area contributed by atoms with Crippen LogP contribution in [0.2, 0.25) is 0 Å². The number of benzene rings is 1. The molecule has 1 spiro atoms. The average molecular weight is 326 g/mol. The highest BCUT2D eigenvalue weighted by atomic mass is 16.2. The van der Waals surface area contributed by atoms with Gasteiger partial charge in [-0.1, -0.05) is 12.1 Å². The van der Waals surface area contributed by atoms with Crippen LogP contribution >= 0.6 is 0 Å². The topological polar surface area (TPSA) is 67.2 Å². The zero-order valence-electron chi connectivity index (χ0n) is 13.7. The molecule has 1 aromatic carbocycles. The number of amides is 1. The summed E-state index contributed by atoms with van der Waals surface area (Å²) in [4.78, 5) is 26.5. The van der Waals surface area contributed by atoms with Gasteiger partial charge in [0.05, 0.1) is 11.7 Å². The third-order valence-corrected chi connectivity index (χ3v) is 5.56. The molecule has 3 heterocycles. The lowest BCUT2D eigenvalue weighted by Crippen LogP contribution is -2.45. The molecule has 0 saturated carbocycles. The average Bonchev–Trinajstić information content (AvgIpc) is 3.06. The van der Waals surface area contributed by atoms with Crippen molar-refractivity contribution in [2.24, 2.45) is 5.41 Å². The summed E-state index contributed by atoms with van der Waals surface area (Å²) in [6, 6.07) is 7.31. The van der Waals surface area contributed by atoms with Crippen molar-refractivity contribution >= 4 is 16.8 Å². The second-order valence-electron chi connectivity index (χ2n) is 6.99. The summed E-state index contributed by atoms with van der Waals surface area (Å²) in [5, 5.41) is 8.21. The second-order valence-corrected chi connectivity index (χ2v) is 6.99. The normalized spacial score (nSPS) is 19.9. The number of rotatable bonds is 2. The van der Waals surface area contributed by atoms with E-state index < -0.39 is 0 Å². The van der Waals surface area contributed by atoms with Gasteiger partial charge in [0.1, 0.15) is 6.54 Å². The van der Waals surface area contributed by atoms with Gasteiger partial charge in [-0.05, 0) is 43.4 Å². The van der Waals surface area contributed by atoms with Gasteiger partial charge in [-0.25, -0.2) is 0 Å². The van der Waals surface area contributed by atoms with Gasteiger partial charge in [-0.2, -0.15) is 5.10 Å². The van der Waals surface area contributed by atoms with E-state index in [-0.39, 0.29) is 17.9 Å². The van der Waals surface area contributed by atoms with Crippen molar-refractivity contribution in [1.82, 2.24) is 20.0 Å². The number of carbonyl (C=O) groups excluding carboxylic acids is 1. The number of hydrogen-bond donors (Lipinski definition) is 1. The smallest absolute Gasteiger partial charge is 0.244 e. The van der Waals surface area contributed by atoms with E-state index in [4.69, 9.17) is 0 Å². The van der Waals surface area contributed by atoms with Gasteiger partial charge in [-0.3, -0.25) is 14.3 Å². The number of nitrogens with zero attached hydrogens (tertiary/aromatic N) is 3. The maximum atomic E-state index is 12.7. The van der Waals surface area contributed by atoms with Crippen molar-refractivity contribution < 1.29 is 4.79 Å². The fourth-order valence-electron chi connectivity index (χ4n) is 3.97. The fourth-order valence-corrected chi connectivity index (χ4v) is 3.97. The van der Waals surface area contributed by atoms with E-state index in [1.54, 1.807) is 10.7 Å². The van der Waals surface area contributed by atoms with Crippen LogP contribution in [0.15, 0.2) is 35.3 Å².